The van der Waals surface area contributed by atoms with Crippen molar-refractivity contribution in [1.82, 2.24) is 5.32 Å². The SMILES string of the molecule is Cc1ccc(S(=O)(=O)N(C)c2ccc(C(=O)N[C@H](C)c3cc(C)ccc3C)cc2)cc1. The predicted octanol–water partition coefficient (Wildman–Crippen LogP) is 4.93. The molecule has 0 heterocycles. The van der Waals surface area contributed by atoms with E-state index in [-0.39, 0.29) is 16.8 Å². The van der Waals surface area contributed by atoms with Crippen LogP contribution in [0.25, 0.3) is 0 Å². The van der Waals surface area contributed by atoms with E-state index < -0.39 is 10.0 Å². The monoisotopic (exact) mass is 436 g/mol. The Kier molecular flexibility index (Phi) is 6.51. The van der Waals surface area contributed by atoms with E-state index in [1.807, 2.05) is 39.8 Å². The molecule has 0 aliphatic rings. The Morgan fingerprint density at radius 3 is 2.06 bits per heavy atom. The Morgan fingerprint density at radius 1 is 0.871 bits per heavy atom. The van der Waals surface area contributed by atoms with Crippen LogP contribution >= 0.6 is 0 Å². The van der Waals surface area contributed by atoms with Gasteiger partial charge in [0.15, 0.2) is 0 Å². The van der Waals surface area contributed by atoms with Gasteiger partial charge in [-0.3, -0.25) is 9.10 Å². The molecule has 31 heavy (non-hydrogen) atoms. The Morgan fingerprint density at radius 2 is 1.45 bits per heavy atom. The fraction of sp³-hybridized carbons (Fsp3) is 0.240. The topological polar surface area (TPSA) is 66.5 Å². The van der Waals surface area contributed by atoms with Gasteiger partial charge in [-0.15, -0.1) is 0 Å². The molecule has 0 aliphatic carbocycles. The molecule has 0 aromatic heterocycles. The van der Waals surface area contributed by atoms with E-state index in [4.69, 9.17) is 0 Å². The minimum atomic E-state index is -3.67. The molecule has 0 fully saturated rings. The molecular formula is C25H28N2O3S. The lowest BCUT2D eigenvalue weighted by atomic mass is 9.99. The molecule has 0 saturated carbocycles. The lowest BCUT2D eigenvalue weighted by Gasteiger charge is -2.20. The number of anilines is 1. The maximum absolute atomic E-state index is 12.9. The average Bonchev–Trinajstić information content (AvgIpc) is 2.75. The lowest BCUT2D eigenvalue weighted by molar-refractivity contribution is 0.0940. The second-order valence-corrected chi connectivity index (χ2v) is 9.86. The molecule has 1 N–H and O–H groups in total. The number of nitrogens with zero attached hydrogens (tertiary/aromatic N) is 1. The largest absolute Gasteiger partial charge is 0.346 e. The van der Waals surface area contributed by atoms with E-state index in [9.17, 15) is 13.2 Å². The quantitative estimate of drug-likeness (QED) is 0.596. The van der Waals surface area contributed by atoms with E-state index in [0.717, 1.165) is 22.3 Å². The van der Waals surface area contributed by atoms with Crippen LogP contribution in [-0.2, 0) is 10.0 Å². The summed E-state index contributed by atoms with van der Waals surface area (Å²) in [4.78, 5) is 12.9. The molecular weight excluding hydrogens is 408 g/mol. The Hall–Kier alpha value is -3.12. The van der Waals surface area contributed by atoms with Crippen molar-refractivity contribution in [3.63, 3.8) is 0 Å². The molecule has 0 unspecified atom stereocenters. The predicted molar refractivity (Wildman–Crippen MR) is 125 cm³/mol. The van der Waals surface area contributed by atoms with Gasteiger partial charge in [0.1, 0.15) is 0 Å². The molecule has 0 bridgehead atoms. The van der Waals surface area contributed by atoms with Crippen molar-refractivity contribution < 1.29 is 13.2 Å². The van der Waals surface area contributed by atoms with E-state index in [2.05, 4.69) is 11.4 Å². The highest BCUT2D eigenvalue weighted by molar-refractivity contribution is 7.92. The fourth-order valence-electron chi connectivity index (χ4n) is 3.41. The van der Waals surface area contributed by atoms with Gasteiger partial charge in [-0.1, -0.05) is 41.5 Å². The molecule has 1 amide bonds. The first-order valence-electron chi connectivity index (χ1n) is 10.1. The highest BCUT2D eigenvalue weighted by Gasteiger charge is 2.21. The average molecular weight is 437 g/mol. The number of carbonyl (C=O) groups excluding carboxylic acids is 1. The van der Waals surface area contributed by atoms with Gasteiger partial charge in [0.25, 0.3) is 15.9 Å². The van der Waals surface area contributed by atoms with Crippen LogP contribution in [0.15, 0.2) is 71.6 Å². The maximum atomic E-state index is 12.9. The summed E-state index contributed by atoms with van der Waals surface area (Å²) in [5.41, 5.74) is 5.29. The summed E-state index contributed by atoms with van der Waals surface area (Å²) in [5, 5.41) is 3.02. The second kappa shape index (κ2) is 8.94. The molecule has 0 spiro atoms. The first-order chi connectivity index (χ1) is 14.6. The van der Waals surface area contributed by atoms with Crippen LogP contribution in [-0.4, -0.2) is 21.4 Å². The molecule has 5 nitrogen and oxygen atoms in total. The van der Waals surface area contributed by atoms with Crippen molar-refractivity contribution in [3.8, 4) is 0 Å². The highest BCUT2D eigenvalue weighted by atomic mass is 32.2. The summed E-state index contributed by atoms with van der Waals surface area (Å²) >= 11 is 0. The van der Waals surface area contributed by atoms with Gasteiger partial charge in [0.05, 0.1) is 16.6 Å². The van der Waals surface area contributed by atoms with Crippen molar-refractivity contribution in [2.45, 2.75) is 38.6 Å². The number of aryl methyl sites for hydroxylation is 3. The first kappa shape index (κ1) is 22.6. The number of hydrogen-bond acceptors (Lipinski definition) is 3. The molecule has 0 radical (unpaired) electrons. The van der Waals surface area contributed by atoms with Gasteiger partial charge in [-0.2, -0.15) is 0 Å². The fourth-order valence-corrected chi connectivity index (χ4v) is 4.61. The molecule has 1 atom stereocenters. The maximum Gasteiger partial charge on any atom is 0.264 e. The molecule has 6 heteroatoms. The zero-order valence-electron chi connectivity index (χ0n) is 18.5. The van der Waals surface area contributed by atoms with Crippen molar-refractivity contribution in [2.24, 2.45) is 0 Å². The Balaban J connectivity index is 1.75. The third kappa shape index (κ3) is 4.97. The summed E-state index contributed by atoms with van der Waals surface area (Å²) in [6.45, 7) is 7.91. The van der Waals surface area contributed by atoms with Crippen molar-refractivity contribution in [2.75, 3.05) is 11.4 Å². The number of benzene rings is 3. The zero-order valence-corrected chi connectivity index (χ0v) is 19.3. The number of amides is 1. The van der Waals surface area contributed by atoms with Gasteiger partial charge in [-0.05, 0) is 75.2 Å². The van der Waals surface area contributed by atoms with Crippen molar-refractivity contribution >= 4 is 21.6 Å². The minimum Gasteiger partial charge on any atom is -0.346 e. The van der Waals surface area contributed by atoms with Crippen LogP contribution in [0.5, 0.6) is 0 Å². The van der Waals surface area contributed by atoms with Crippen LogP contribution in [0, 0.1) is 20.8 Å². The molecule has 3 aromatic carbocycles. The number of sulfonamides is 1. The van der Waals surface area contributed by atoms with Crippen LogP contribution in [0.2, 0.25) is 0 Å². The Labute approximate surface area is 184 Å². The van der Waals surface area contributed by atoms with E-state index in [1.54, 1.807) is 48.5 Å². The Bertz CT molecular complexity index is 1180. The number of carbonyl (C=O) groups is 1. The van der Waals surface area contributed by atoms with Gasteiger partial charge in [0.2, 0.25) is 0 Å². The van der Waals surface area contributed by atoms with Gasteiger partial charge < -0.3 is 5.32 Å². The summed E-state index contributed by atoms with van der Waals surface area (Å²) in [6, 6.07) is 19.3. The highest BCUT2D eigenvalue weighted by Crippen LogP contribution is 2.23. The van der Waals surface area contributed by atoms with Crippen LogP contribution < -0.4 is 9.62 Å². The summed E-state index contributed by atoms with van der Waals surface area (Å²) in [6.07, 6.45) is 0. The minimum absolute atomic E-state index is 0.142. The second-order valence-electron chi connectivity index (χ2n) is 7.89. The normalized spacial score (nSPS) is 12.3. The number of rotatable bonds is 6. The summed E-state index contributed by atoms with van der Waals surface area (Å²) < 4.78 is 27.0. The van der Waals surface area contributed by atoms with E-state index in [0.29, 0.717) is 11.3 Å². The number of hydrogen-bond donors (Lipinski definition) is 1. The number of nitrogens with one attached hydrogen (secondary N) is 1. The third-order valence-electron chi connectivity index (χ3n) is 5.42. The van der Waals surface area contributed by atoms with Gasteiger partial charge in [-0.25, -0.2) is 8.42 Å². The molecule has 162 valence electrons. The summed E-state index contributed by atoms with van der Waals surface area (Å²) in [7, 11) is -2.17. The van der Waals surface area contributed by atoms with Gasteiger partial charge in [0, 0.05) is 12.6 Å². The third-order valence-corrected chi connectivity index (χ3v) is 7.22. The van der Waals surface area contributed by atoms with E-state index in [1.165, 1.54) is 11.4 Å². The van der Waals surface area contributed by atoms with Crippen LogP contribution in [0.1, 0.15) is 45.6 Å². The molecule has 0 aliphatic heterocycles. The molecule has 3 aromatic rings. The summed E-state index contributed by atoms with van der Waals surface area (Å²) in [5.74, 6) is -0.205. The molecule has 0 saturated heterocycles. The van der Waals surface area contributed by atoms with Crippen LogP contribution in [0.3, 0.4) is 0 Å². The first-order valence-corrected chi connectivity index (χ1v) is 11.6. The smallest absolute Gasteiger partial charge is 0.264 e. The zero-order chi connectivity index (χ0) is 22.8. The van der Waals surface area contributed by atoms with Gasteiger partial charge >= 0.3 is 0 Å². The van der Waals surface area contributed by atoms with Crippen LogP contribution in [0.4, 0.5) is 5.69 Å². The van der Waals surface area contributed by atoms with E-state index >= 15 is 0 Å². The van der Waals surface area contributed by atoms with Crippen molar-refractivity contribution in [1.29, 1.82) is 0 Å². The van der Waals surface area contributed by atoms with Crippen molar-refractivity contribution in [3.05, 3.63) is 94.5 Å². The standard InChI is InChI=1S/C25H28N2O3S/c1-17-7-14-23(15-8-17)31(29,30)27(5)22-12-10-21(11-13-22)25(28)26-20(4)24-16-18(2)6-9-19(24)3/h6-16,20H,1-5H3,(H,26,28)/t20-/m1/s1. The molecule has 3 rings (SSSR count). The lowest BCUT2D eigenvalue weighted by Crippen LogP contribution is -2.28.